The molecule has 0 radical (unpaired) electrons. The van der Waals surface area contributed by atoms with Crippen LogP contribution < -0.4 is 5.32 Å². The summed E-state index contributed by atoms with van der Waals surface area (Å²) in [5, 5.41) is 9.23. The van der Waals surface area contributed by atoms with Crippen molar-refractivity contribution >= 4 is 56.5 Å². The normalized spacial score (nSPS) is 11.2. The number of hydrogen-bond donors (Lipinski definition) is 1. The summed E-state index contributed by atoms with van der Waals surface area (Å²) in [7, 11) is 0. The lowest BCUT2D eigenvalue weighted by Gasteiger charge is -2.14. The quantitative estimate of drug-likeness (QED) is 0.334. The van der Waals surface area contributed by atoms with Crippen LogP contribution >= 0.6 is 0 Å². The minimum Gasteiger partial charge on any atom is -0.322 e. The third-order valence-electron chi connectivity index (χ3n) is 5.28. The van der Waals surface area contributed by atoms with Gasteiger partial charge in [0, 0.05) is 22.4 Å². The summed E-state index contributed by atoms with van der Waals surface area (Å²) < 4.78 is 0. The first-order chi connectivity index (χ1) is 14.2. The summed E-state index contributed by atoms with van der Waals surface area (Å²) in [5.41, 5.74) is 1.62. The number of amides is 1. The van der Waals surface area contributed by atoms with Crippen molar-refractivity contribution in [2.45, 2.75) is 0 Å². The maximum atomic E-state index is 13.1. The summed E-state index contributed by atoms with van der Waals surface area (Å²) in [5.74, 6) is -0.289. The Morgan fingerprint density at radius 2 is 1.28 bits per heavy atom. The van der Waals surface area contributed by atoms with E-state index in [0.29, 0.717) is 35.0 Å². The molecule has 1 N–H and O–H groups in total. The van der Waals surface area contributed by atoms with E-state index >= 15 is 0 Å². The molecule has 0 unspecified atom stereocenters. The Kier molecular flexibility index (Phi) is 3.85. The third-order valence-corrected chi connectivity index (χ3v) is 5.28. The first kappa shape index (κ1) is 17.1. The Bertz CT molecular complexity index is 1390. The van der Waals surface area contributed by atoms with Crippen LogP contribution in [0, 0.1) is 0 Å². The molecule has 0 saturated heterocycles. The molecule has 4 heteroatoms. The molecule has 138 valence electrons. The van der Waals surface area contributed by atoms with Gasteiger partial charge in [0.25, 0.3) is 5.91 Å². The largest absolute Gasteiger partial charge is 0.322 e. The second-order valence-electron chi connectivity index (χ2n) is 7.05. The van der Waals surface area contributed by atoms with E-state index in [2.05, 4.69) is 29.6 Å². The van der Waals surface area contributed by atoms with Gasteiger partial charge >= 0.3 is 0 Å². The summed E-state index contributed by atoms with van der Waals surface area (Å²) in [6.45, 7) is 0. The van der Waals surface area contributed by atoms with Crippen LogP contribution in [0.5, 0.6) is 0 Å². The summed E-state index contributed by atoms with van der Waals surface area (Å²) in [6, 6.07) is 22.7. The third kappa shape index (κ3) is 2.74. The molecular formula is C25H15NO3. The molecule has 0 spiro atoms. The van der Waals surface area contributed by atoms with Gasteiger partial charge in [-0.25, -0.2) is 0 Å². The van der Waals surface area contributed by atoms with E-state index in [1.54, 1.807) is 18.2 Å². The molecule has 0 aliphatic rings. The molecule has 0 atom stereocenters. The zero-order valence-electron chi connectivity index (χ0n) is 15.3. The van der Waals surface area contributed by atoms with Gasteiger partial charge in [-0.15, -0.1) is 0 Å². The monoisotopic (exact) mass is 377 g/mol. The van der Waals surface area contributed by atoms with Gasteiger partial charge in [-0.1, -0.05) is 48.5 Å². The predicted octanol–water partition coefficient (Wildman–Crippen LogP) is 5.46. The SMILES string of the molecule is O=Cc1cc(C=O)cc(NC(=O)c2ccc3ccc4cccc5ccc2c3c45)c1. The zero-order valence-corrected chi connectivity index (χ0v) is 15.3. The first-order valence-corrected chi connectivity index (χ1v) is 9.21. The number of carbonyl (C=O) groups excluding carboxylic acids is 3. The molecule has 5 aromatic carbocycles. The van der Waals surface area contributed by atoms with E-state index in [0.717, 1.165) is 32.3 Å². The maximum Gasteiger partial charge on any atom is 0.256 e. The van der Waals surface area contributed by atoms with Crippen LogP contribution in [0.3, 0.4) is 0 Å². The van der Waals surface area contributed by atoms with Crippen molar-refractivity contribution < 1.29 is 14.4 Å². The lowest BCUT2D eigenvalue weighted by atomic mass is 9.92. The molecule has 0 aliphatic heterocycles. The molecule has 0 aliphatic carbocycles. The summed E-state index contributed by atoms with van der Waals surface area (Å²) in [6.07, 6.45) is 1.30. The fourth-order valence-electron chi connectivity index (χ4n) is 4.02. The van der Waals surface area contributed by atoms with Gasteiger partial charge in [0.15, 0.2) is 0 Å². The van der Waals surface area contributed by atoms with Crippen molar-refractivity contribution in [3.8, 4) is 0 Å². The van der Waals surface area contributed by atoms with Gasteiger partial charge in [0.1, 0.15) is 12.6 Å². The molecular weight excluding hydrogens is 362 g/mol. The molecule has 0 bridgehead atoms. The van der Waals surface area contributed by atoms with Gasteiger partial charge in [0.05, 0.1) is 0 Å². The van der Waals surface area contributed by atoms with Crippen molar-refractivity contribution in [1.29, 1.82) is 0 Å². The Labute approximate surface area is 166 Å². The van der Waals surface area contributed by atoms with Gasteiger partial charge in [0.2, 0.25) is 0 Å². The minimum atomic E-state index is -0.289. The number of aldehydes is 2. The van der Waals surface area contributed by atoms with Crippen LogP contribution in [0.2, 0.25) is 0 Å². The van der Waals surface area contributed by atoms with Crippen LogP contribution in [0.4, 0.5) is 5.69 Å². The fraction of sp³-hybridized carbons (Fsp3) is 0. The standard InChI is InChI=1S/C25H15NO3/c27-13-15-10-16(14-28)12-20(11-15)26-25(29)22-9-7-19-5-4-17-2-1-3-18-6-8-21(22)24(19)23(17)18/h1-14H,(H,26,29). The maximum absolute atomic E-state index is 13.1. The van der Waals surface area contributed by atoms with E-state index in [4.69, 9.17) is 0 Å². The van der Waals surface area contributed by atoms with Crippen LogP contribution in [0.15, 0.2) is 72.8 Å². The Hall–Kier alpha value is -4.05. The van der Waals surface area contributed by atoms with E-state index in [1.807, 2.05) is 24.3 Å². The van der Waals surface area contributed by atoms with Gasteiger partial charge in [-0.2, -0.15) is 0 Å². The smallest absolute Gasteiger partial charge is 0.256 e. The highest BCUT2D eigenvalue weighted by Gasteiger charge is 2.15. The van der Waals surface area contributed by atoms with Crippen molar-refractivity contribution in [2.24, 2.45) is 0 Å². The summed E-state index contributed by atoms with van der Waals surface area (Å²) >= 11 is 0. The number of carbonyl (C=O) groups is 3. The number of nitrogens with one attached hydrogen (secondary N) is 1. The first-order valence-electron chi connectivity index (χ1n) is 9.21. The van der Waals surface area contributed by atoms with Crippen LogP contribution in [-0.4, -0.2) is 18.5 Å². The lowest BCUT2D eigenvalue weighted by molar-refractivity contribution is 0.102. The molecule has 0 saturated carbocycles. The van der Waals surface area contributed by atoms with E-state index in [1.165, 1.54) is 6.07 Å². The molecule has 0 heterocycles. The average molecular weight is 377 g/mol. The van der Waals surface area contributed by atoms with Crippen LogP contribution in [-0.2, 0) is 0 Å². The van der Waals surface area contributed by atoms with E-state index < -0.39 is 0 Å². The van der Waals surface area contributed by atoms with Gasteiger partial charge in [-0.05, 0) is 56.6 Å². The second-order valence-corrected chi connectivity index (χ2v) is 7.05. The number of hydrogen-bond acceptors (Lipinski definition) is 3. The highest BCUT2D eigenvalue weighted by atomic mass is 16.1. The van der Waals surface area contributed by atoms with Crippen molar-refractivity contribution in [2.75, 3.05) is 5.32 Å². The van der Waals surface area contributed by atoms with E-state index in [-0.39, 0.29) is 5.91 Å². The van der Waals surface area contributed by atoms with Crippen molar-refractivity contribution in [1.82, 2.24) is 0 Å². The number of anilines is 1. The molecule has 5 aromatic rings. The van der Waals surface area contributed by atoms with Crippen LogP contribution in [0.1, 0.15) is 31.1 Å². The van der Waals surface area contributed by atoms with Gasteiger partial charge in [-0.3, -0.25) is 14.4 Å². The molecule has 0 fully saturated rings. The highest BCUT2D eigenvalue weighted by Crippen LogP contribution is 2.36. The zero-order chi connectivity index (χ0) is 20.0. The van der Waals surface area contributed by atoms with Gasteiger partial charge < -0.3 is 5.32 Å². The molecule has 5 rings (SSSR count). The molecule has 0 aromatic heterocycles. The molecule has 1 amide bonds. The number of benzene rings is 5. The highest BCUT2D eigenvalue weighted by molar-refractivity contribution is 6.27. The average Bonchev–Trinajstić information content (AvgIpc) is 2.77. The molecule has 4 nitrogen and oxygen atoms in total. The van der Waals surface area contributed by atoms with Crippen molar-refractivity contribution in [3.05, 3.63) is 89.5 Å². The minimum absolute atomic E-state index is 0.289. The topological polar surface area (TPSA) is 63.2 Å². The summed E-state index contributed by atoms with van der Waals surface area (Å²) in [4.78, 5) is 35.3. The van der Waals surface area contributed by atoms with E-state index in [9.17, 15) is 14.4 Å². The Morgan fingerprint density at radius 1 is 0.690 bits per heavy atom. The Morgan fingerprint density at radius 3 is 1.93 bits per heavy atom. The Balaban J connectivity index is 1.66. The fourth-order valence-corrected chi connectivity index (χ4v) is 4.02. The predicted molar refractivity (Wildman–Crippen MR) is 115 cm³/mol. The van der Waals surface area contributed by atoms with Crippen LogP contribution in [0.25, 0.3) is 32.3 Å². The lowest BCUT2D eigenvalue weighted by Crippen LogP contribution is -2.13. The number of rotatable bonds is 4. The molecule has 29 heavy (non-hydrogen) atoms. The van der Waals surface area contributed by atoms with Crippen molar-refractivity contribution in [3.63, 3.8) is 0 Å². The second kappa shape index (κ2) is 6.53.